The molecule has 0 amide bonds. The largest absolute Gasteiger partial charge is 0.462 e. The number of esters is 3. The lowest BCUT2D eigenvalue weighted by Gasteiger charge is -2.18. The number of ether oxygens (including phenoxy) is 3. The van der Waals surface area contributed by atoms with Crippen molar-refractivity contribution in [2.75, 3.05) is 13.2 Å². The van der Waals surface area contributed by atoms with Gasteiger partial charge < -0.3 is 14.2 Å². The summed E-state index contributed by atoms with van der Waals surface area (Å²) in [5.74, 6) is -0.867. The van der Waals surface area contributed by atoms with Gasteiger partial charge in [0.1, 0.15) is 13.2 Å². The molecule has 1 atom stereocenters. The number of allylic oxidation sites excluding steroid dienone is 12. The van der Waals surface area contributed by atoms with Crippen molar-refractivity contribution in [2.24, 2.45) is 0 Å². The Balaban J connectivity index is 4.18. The number of rotatable bonds is 57. The van der Waals surface area contributed by atoms with Gasteiger partial charge in [-0.1, -0.05) is 280 Å². The number of hydrogen-bond donors (Lipinski definition) is 0. The van der Waals surface area contributed by atoms with Crippen LogP contribution in [0, 0.1) is 0 Å². The van der Waals surface area contributed by atoms with Gasteiger partial charge in [-0.3, -0.25) is 14.4 Å². The highest BCUT2D eigenvalue weighted by Gasteiger charge is 2.19. The van der Waals surface area contributed by atoms with E-state index in [0.29, 0.717) is 19.3 Å². The van der Waals surface area contributed by atoms with Gasteiger partial charge in [-0.15, -0.1) is 0 Å². The molecule has 0 N–H and O–H groups in total. The number of carbonyl (C=O) groups is 3. The molecule has 73 heavy (non-hydrogen) atoms. The summed E-state index contributed by atoms with van der Waals surface area (Å²) in [7, 11) is 0. The molecule has 0 fully saturated rings. The van der Waals surface area contributed by atoms with Crippen LogP contribution in [0.25, 0.3) is 0 Å². The van der Waals surface area contributed by atoms with E-state index >= 15 is 0 Å². The summed E-state index contributed by atoms with van der Waals surface area (Å²) in [5.41, 5.74) is 0. The minimum atomic E-state index is -0.775. The van der Waals surface area contributed by atoms with Gasteiger partial charge >= 0.3 is 17.9 Å². The lowest BCUT2D eigenvalue weighted by Crippen LogP contribution is -2.30. The van der Waals surface area contributed by atoms with E-state index in [1.807, 2.05) is 0 Å². The van der Waals surface area contributed by atoms with Crippen molar-refractivity contribution in [3.8, 4) is 0 Å². The van der Waals surface area contributed by atoms with Crippen LogP contribution < -0.4 is 0 Å². The van der Waals surface area contributed by atoms with E-state index in [9.17, 15) is 14.4 Å². The molecular formula is C67H118O6. The molecule has 0 radical (unpaired) electrons. The second-order valence-electron chi connectivity index (χ2n) is 20.9. The van der Waals surface area contributed by atoms with E-state index < -0.39 is 6.10 Å². The predicted octanol–water partition coefficient (Wildman–Crippen LogP) is 21.3. The Morgan fingerprint density at radius 1 is 0.288 bits per heavy atom. The standard InChI is InChI=1S/C67H118O6/c1-4-7-10-13-16-19-21-23-25-27-29-30-31-32-33-34-35-36-38-39-41-43-45-48-51-54-57-60-66(69)72-63-64(62-71-65(68)59-56-53-50-47-18-15-12-9-6-3)73-67(70)61-58-55-52-49-46-44-42-40-37-28-26-24-22-20-17-14-11-8-5-2/h7,10,16-17,19-20,23-26,29-30,64H,4-6,8-9,11-15,18,21-22,27-28,31-63H2,1-3H3/b10-7-,19-16-,20-17-,25-23-,26-24-,30-29-. The topological polar surface area (TPSA) is 78.9 Å². The Morgan fingerprint density at radius 3 is 0.863 bits per heavy atom. The molecule has 422 valence electrons. The van der Waals surface area contributed by atoms with Crippen LogP contribution in [0.2, 0.25) is 0 Å². The summed E-state index contributed by atoms with van der Waals surface area (Å²) < 4.78 is 16.9. The van der Waals surface area contributed by atoms with Crippen LogP contribution in [-0.2, 0) is 28.6 Å². The molecule has 0 heterocycles. The quantitative estimate of drug-likeness (QED) is 0.0261. The van der Waals surface area contributed by atoms with E-state index in [1.165, 1.54) is 186 Å². The normalized spacial score (nSPS) is 12.5. The van der Waals surface area contributed by atoms with Crippen LogP contribution in [0.15, 0.2) is 72.9 Å². The minimum Gasteiger partial charge on any atom is -0.462 e. The fraction of sp³-hybridized carbons (Fsp3) is 0.776. The van der Waals surface area contributed by atoms with Crippen LogP contribution in [-0.4, -0.2) is 37.2 Å². The molecule has 0 aromatic carbocycles. The zero-order valence-corrected chi connectivity index (χ0v) is 48.4. The maximum Gasteiger partial charge on any atom is 0.306 e. The highest BCUT2D eigenvalue weighted by atomic mass is 16.6. The average Bonchev–Trinajstić information content (AvgIpc) is 3.39. The minimum absolute atomic E-state index is 0.0735. The van der Waals surface area contributed by atoms with Crippen molar-refractivity contribution in [2.45, 2.75) is 322 Å². The maximum atomic E-state index is 12.9. The Labute approximate surface area is 453 Å². The first-order chi connectivity index (χ1) is 36.0. The van der Waals surface area contributed by atoms with Crippen molar-refractivity contribution in [1.82, 2.24) is 0 Å². The van der Waals surface area contributed by atoms with E-state index in [4.69, 9.17) is 14.2 Å². The Morgan fingerprint density at radius 2 is 0.534 bits per heavy atom. The number of hydrogen-bond acceptors (Lipinski definition) is 6. The van der Waals surface area contributed by atoms with Crippen molar-refractivity contribution in [3.05, 3.63) is 72.9 Å². The zero-order valence-electron chi connectivity index (χ0n) is 48.4. The van der Waals surface area contributed by atoms with Crippen LogP contribution in [0.5, 0.6) is 0 Å². The highest BCUT2D eigenvalue weighted by molar-refractivity contribution is 5.71. The molecule has 0 spiro atoms. The van der Waals surface area contributed by atoms with E-state index in [2.05, 4.69) is 93.7 Å². The van der Waals surface area contributed by atoms with Gasteiger partial charge in [0.25, 0.3) is 0 Å². The van der Waals surface area contributed by atoms with Gasteiger partial charge in [-0.25, -0.2) is 0 Å². The molecular weight excluding hydrogens is 901 g/mol. The molecule has 0 bridgehead atoms. The van der Waals surface area contributed by atoms with Gasteiger partial charge in [-0.2, -0.15) is 0 Å². The first-order valence-electron chi connectivity index (χ1n) is 31.4. The summed E-state index contributed by atoms with van der Waals surface area (Å²) >= 11 is 0. The van der Waals surface area contributed by atoms with Crippen molar-refractivity contribution < 1.29 is 28.6 Å². The van der Waals surface area contributed by atoms with Crippen LogP contribution in [0.1, 0.15) is 316 Å². The van der Waals surface area contributed by atoms with Gasteiger partial charge in [0.2, 0.25) is 0 Å². The smallest absolute Gasteiger partial charge is 0.306 e. The first kappa shape index (κ1) is 69.8. The SMILES string of the molecule is CC/C=C\C/C=C\C/C=C\C/C=C\CCCCCCCCCCCCCCCCC(=O)OCC(COC(=O)CCCCCCCCCCC)OC(=O)CCCCCCCCCCC/C=C\C/C=C\CCCCC. The van der Waals surface area contributed by atoms with Gasteiger partial charge in [0.05, 0.1) is 0 Å². The molecule has 0 aromatic heterocycles. The number of unbranched alkanes of at least 4 members (excludes halogenated alkanes) is 34. The maximum absolute atomic E-state index is 12.9. The Bertz CT molecular complexity index is 1360. The van der Waals surface area contributed by atoms with E-state index in [0.717, 1.165) is 89.9 Å². The molecule has 0 rings (SSSR count). The van der Waals surface area contributed by atoms with Crippen molar-refractivity contribution >= 4 is 17.9 Å². The third-order valence-corrected chi connectivity index (χ3v) is 13.7. The second kappa shape index (κ2) is 61.4. The van der Waals surface area contributed by atoms with Gasteiger partial charge in [0, 0.05) is 19.3 Å². The highest BCUT2D eigenvalue weighted by Crippen LogP contribution is 2.17. The molecule has 6 nitrogen and oxygen atoms in total. The first-order valence-corrected chi connectivity index (χ1v) is 31.4. The average molecular weight is 1020 g/mol. The fourth-order valence-electron chi connectivity index (χ4n) is 9.00. The third kappa shape index (κ3) is 59.6. The monoisotopic (exact) mass is 1020 g/mol. The van der Waals surface area contributed by atoms with Crippen LogP contribution >= 0.6 is 0 Å². The summed E-state index contributed by atoms with van der Waals surface area (Å²) in [6, 6.07) is 0. The third-order valence-electron chi connectivity index (χ3n) is 13.7. The molecule has 0 aliphatic carbocycles. The summed E-state index contributed by atoms with van der Waals surface area (Å²) in [4.78, 5) is 38.2. The summed E-state index contributed by atoms with van der Waals surface area (Å²) in [5, 5.41) is 0. The lowest BCUT2D eigenvalue weighted by atomic mass is 10.0. The molecule has 6 heteroatoms. The second-order valence-corrected chi connectivity index (χ2v) is 20.9. The van der Waals surface area contributed by atoms with E-state index in [1.54, 1.807) is 0 Å². The molecule has 0 saturated heterocycles. The Hall–Kier alpha value is -3.15. The Kier molecular flexibility index (Phi) is 58.7. The van der Waals surface area contributed by atoms with Crippen LogP contribution in [0.4, 0.5) is 0 Å². The van der Waals surface area contributed by atoms with Crippen LogP contribution in [0.3, 0.4) is 0 Å². The molecule has 1 unspecified atom stereocenters. The predicted molar refractivity (Wildman–Crippen MR) is 316 cm³/mol. The molecule has 0 aromatic rings. The number of carbonyl (C=O) groups excluding carboxylic acids is 3. The molecule has 0 aliphatic rings. The van der Waals surface area contributed by atoms with Crippen molar-refractivity contribution in [3.63, 3.8) is 0 Å². The summed E-state index contributed by atoms with van der Waals surface area (Å²) in [6.45, 7) is 6.51. The summed E-state index contributed by atoms with van der Waals surface area (Å²) in [6.07, 6.45) is 79.2. The zero-order chi connectivity index (χ0) is 52.9. The van der Waals surface area contributed by atoms with Gasteiger partial charge in [0.15, 0.2) is 6.10 Å². The molecule has 0 aliphatic heterocycles. The van der Waals surface area contributed by atoms with E-state index in [-0.39, 0.29) is 31.1 Å². The fourth-order valence-corrected chi connectivity index (χ4v) is 9.00. The molecule has 0 saturated carbocycles. The van der Waals surface area contributed by atoms with Gasteiger partial charge in [-0.05, 0) is 89.9 Å². The van der Waals surface area contributed by atoms with Crippen molar-refractivity contribution in [1.29, 1.82) is 0 Å². The lowest BCUT2D eigenvalue weighted by molar-refractivity contribution is -0.167.